The van der Waals surface area contributed by atoms with Crippen molar-refractivity contribution in [2.75, 3.05) is 46.3 Å². The van der Waals surface area contributed by atoms with Crippen LogP contribution in [0.25, 0.3) is 0 Å². The number of hydrogen-bond donors (Lipinski definition) is 2. The Morgan fingerprint density at radius 1 is 1.10 bits per heavy atom. The van der Waals surface area contributed by atoms with Crippen LogP contribution in [-0.4, -0.2) is 57.7 Å². The molecule has 7 nitrogen and oxygen atoms in total. The van der Waals surface area contributed by atoms with Crippen molar-refractivity contribution in [2.24, 2.45) is 4.99 Å². The van der Waals surface area contributed by atoms with E-state index < -0.39 is 0 Å². The van der Waals surface area contributed by atoms with Crippen LogP contribution >= 0.6 is 24.0 Å². The third-order valence-electron chi connectivity index (χ3n) is 4.23. The topological polar surface area (TPSA) is 75.2 Å². The smallest absolute Gasteiger partial charge is 0.253 e. The van der Waals surface area contributed by atoms with Gasteiger partial charge in [0.25, 0.3) is 5.91 Å². The molecule has 0 fully saturated rings. The van der Waals surface area contributed by atoms with Crippen LogP contribution in [0.3, 0.4) is 0 Å². The van der Waals surface area contributed by atoms with E-state index in [0.29, 0.717) is 31.3 Å². The van der Waals surface area contributed by atoms with Gasteiger partial charge in [-0.05, 0) is 36.8 Å². The summed E-state index contributed by atoms with van der Waals surface area (Å²) in [6.45, 7) is 4.56. The molecule has 2 aromatic carbocycles. The third-order valence-corrected chi connectivity index (χ3v) is 4.23. The Morgan fingerprint density at radius 3 is 2.48 bits per heavy atom. The van der Waals surface area contributed by atoms with Crippen LogP contribution < -0.4 is 15.4 Å². The third kappa shape index (κ3) is 9.56. The summed E-state index contributed by atoms with van der Waals surface area (Å²) in [5.74, 6) is 1.47. The van der Waals surface area contributed by atoms with Gasteiger partial charge in [-0.15, -0.1) is 24.0 Å². The van der Waals surface area contributed by atoms with E-state index >= 15 is 0 Å². The lowest BCUT2D eigenvalue weighted by Crippen LogP contribution is -2.30. The average molecular weight is 540 g/mol. The Kier molecular flexibility index (Phi) is 12.6. The minimum Gasteiger partial charge on any atom is -0.493 e. The first-order valence-corrected chi connectivity index (χ1v) is 10.1. The molecule has 0 saturated heterocycles. The van der Waals surface area contributed by atoms with Gasteiger partial charge in [0.05, 0.1) is 13.2 Å². The molecular weight excluding hydrogens is 507 g/mol. The van der Waals surface area contributed by atoms with Gasteiger partial charge in [-0.1, -0.05) is 18.2 Å². The van der Waals surface area contributed by atoms with Gasteiger partial charge in [0, 0.05) is 58.1 Å². The lowest BCUT2D eigenvalue weighted by molar-refractivity contribution is 0.0827. The van der Waals surface area contributed by atoms with E-state index in [-0.39, 0.29) is 29.9 Å². The molecule has 0 aliphatic carbocycles. The molecule has 0 unspecified atom stereocenters. The lowest BCUT2D eigenvalue weighted by Gasteiger charge is -2.13. The van der Waals surface area contributed by atoms with Crippen molar-refractivity contribution in [3.05, 3.63) is 59.7 Å². The SMILES string of the molecule is CCNC(=NCc1ccc(C(=O)N(C)C)cc1)Nc1cccc(OCCCOC)c1.I. The number of nitrogens with one attached hydrogen (secondary N) is 2. The standard InChI is InChI=1S/C23H32N4O3.HI/c1-5-24-23(25-17-18-10-12-19(13-11-18)22(28)27(2)3)26-20-8-6-9-21(16-20)30-15-7-14-29-4;/h6,8-13,16H,5,7,14-15,17H2,1-4H3,(H2,24,25,26);1H. The van der Waals surface area contributed by atoms with Crippen molar-refractivity contribution >= 4 is 41.5 Å². The van der Waals surface area contributed by atoms with Gasteiger partial charge in [0.2, 0.25) is 0 Å². The molecule has 2 N–H and O–H groups in total. The number of halogens is 1. The predicted molar refractivity (Wildman–Crippen MR) is 137 cm³/mol. The van der Waals surface area contributed by atoms with Gasteiger partial charge in [-0.2, -0.15) is 0 Å². The number of rotatable bonds is 10. The average Bonchev–Trinajstić information content (AvgIpc) is 2.75. The van der Waals surface area contributed by atoms with Gasteiger partial charge in [0.1, 0.15) is 5.75 Å². The van der Waals surface area contributed by atoms with Crippen LogP contribution in [0.2, 0.25) is 0 Å². The first-order chi connectivity index (χ1) is 14.5. The largest absolute Gasteiger partial charge is 0.493 e. The van der Waals surface area contributed by atoms with Gasteiger partial charge >= 0.3 is 0 Å². The molecule has 0 aromatic heterocycles. The zero-order valence-electron chi connectivity index (χ0n) is 18.7. The fourth-order valence-corrected chi connectivity index (χ4v) is 2.68. The van der Waals surface area contributed by atoms with Crippen molar-refractivity contribution in [1.82, 2.24) is 10.2 Å². The molecule has 0 aliphatic rings. The second kappa shape index (κ2) is 14.6. The molecule has 0 radical (unpaired) electrons. The summed E-state index contributed by atoms with van der Waals surface area (Å²) in [6, 6.07) is 15.3. The van der Waals surface area contributed by atoms with Gasteiger partial charge in [0.15, 0.2) is 5.96 Å². The van der Waals surface area contributed by atoms with Gasteiger partial charge in [-0.3, -0.25) is 4.79 Å². The summed E-state index contributed by atoms with van der Waals surface area (Å²) >= 11 is 0. The molecule has 0 heterocycles. The highest BCUT2D eigenvalue weighted by Gasteiger charge is 2.07. The number of methoxy groups -OCH3 is 1. The van der Waals surface area contributed by atoms with Crippen molar-refractivity contribution in [3.63, 3.8) is 0 Å². The van der Waals surface area contributed by atoms with E-state index in [1.54, 1.807) is 26.1 Å². The first kappa shape index (κ1) is 26.7. The van der Waals surface area contributed by atoms with E-state index in [1.165, 1.54) is 0 Å². The van der Waals surface area contributed by atoms with E-state index in [2.05, 4.69) is 15.6 Å². The normalized spacial score (nSPS) is 10.8. The first-order valence-electron chi connectivity index (χ1n) is 10.1. The van der Waals surface area contributed by atoms with Crippen LogP contribution in [0.15, 0.2) is 53.5 Å². The summed E-state index contributed by atoms with van der Waals surface area (Å²) in [5, 5.41) is 6.56. The van der Waals surface area contributed by atoms with Crippen LogP contribution in [0, 0.1) is 0 Å². The number of guanidine groups is 1. The number of anilines is 1. The molecular formula is C23H33IN4O3. The number of ether oxygens (including phenoxy) is 2. The molecule has 0 spiro atoms. The Morgan fingerprint density at radius 2 is 1.84 bits per heavy atom. The molecule has 0 aliphatic heterocycles. The molecule has 31 heavy (non-hydrogen) atoms. The molecule has 2 rings (SSSR count). The molecule has 2 aromatic rings. The number of nitrogens with zero attached hydrogens (tertiary/aromatic N) is 2. The summed E-state index contributed by atoms with van der Waals surface area (Å²) < 4.78 is 10.8. The maximum absolute atomic E-state index is 12.0. The van der Waals surface area contributed by atoms with E-state index in [4.69, 9.17) is 9.47 Å². The fourth-order valence-electron chi connectivity index (χ4n) is 2.68. The number of carbonyl (C=O) groups is 1. The Balaban J connectivity index is 0.00000480. The zero-order valence-corrected chi connectivity index (χ0v) is 21.0. The van der Waals surface area contributed by atoms with Crippen LogP contribution in [-0.2, 0) is 11.3 Å². The second-order valence-corrected chi connectivity index (χ2v) is 6.94. The van der Waals surface area contributed by atoms with Crippen molar-refractivity contribution in [3.8, 4) is 5.75 Å². The molecule has 0 bridgehead atoms. The Labute approximate surface area is 202 Å². The van der Waals surface area contributed by atoms with Crippen molar-refractivity contribution < 1.29 is 14.3 Å². The van der Waals surface area contributed by atoms with Crippen LogP contribution in [0.5, 0.6) is 5.75 Å². The second-order valence-electron chi connectivity index (χ2n) is 6.94. The fraction of sp³-hybridized carbons (Fsp3) is 0.391. The number of hydrogen-bond acceptors (Lipinski definition) is 4. The molecule has 8 heteroatoms. The highest BCUT2D eigenvalue weighted by Crippen LogP contribution is 2.17. The zero-order chi connectivity index (χ0) is 21.8. The highest BCUT2D eigenvalue weighted by molar-refractivity contribution is 14.0. The lowest BCUT2D eigenvalue weighted by atomic mass is 10.1. The van der Waals surface area contributed by atoms with Crippen molar-refractivity contribution in [2.45, 2.75) is 19.9 Å². The summed E-state index contributed by atoms with van der Waals surface area (Å²) in [7, 11) is 5.17. The van der Waals surface area contributed by atoms with Crippen LogP contribution in [0.4, 0.5) is 5.69 Å². The van der Waals surface area contributed by atoms with Gasteiger partial charge in [-0.25, -0.2) is 4.99 Å². The maximum Gasteiger partial charge on any atom is 0.253 e. The highest BCUT2D eigenvalue weighted by atomic mass is 127. The number of amides is 1. The van der Waals surface area contributed by atoms with E-state index in [9.17, 15) is 4.79 Å². The molecule has 170 valence electrons. The minimum absolute atomic E-state index is 0. The van der Waals surface area contributed by atoms with E-state index in [0.717, 1.165) is 30.0 Å². The molecule has 0 atom stereocenters. The number of carbonyl (C=O) groups excluding carboxylic acids is 1. The van der Waals surface area contributed by atoms with Crippen LogP contribution in [0.1, 0.15) is 29.3 Å². The monoisotopic (exact) mass is 540 g/mol. The van der Waals surface area contributed by atoms with Gasteiger partial charge < -0.3 is 25.0 Å². The van der Waals surface area contributed by atoms with Crippen molar-refractivity contribution in [1.29, 1.82) is 0 Å². The number of benzene rings is 2. The quantitative estimate of drug-likeness (QED) is 0.206. The Bertz CT molecular complexity index is 826. The van der Waals surface area contributed by atoms with E-state index in [1.807, 2.05) is 55.5 Å². The maximum atomic E-state index is 12.0. The Hall–Kier alpha value is -2.33. The summed E-state index contributed by atoms with van der Waals surface area (Å²) in [4.78, 5) is 18.2. The minimum atomic E-state index is -0.00984. The molecule has 1 amide bonds. The summed E-state index contributed by atoms with van der Waals surface area (Å²) in [5.41, 5.74) is 2.59. The predicted octanol–water partition coefficient (Wildman–Crippen LogP) is 4.00. The molecule has 0 saturated carbocycles. The number of aliphatic imine (C=N–C) groups is 1. The summed E-state index contributed by atoms with van der Waals surface area (Å²) in [6.07, 6.45) is 0.844.